The van der Waals surface area contributed by atoms with Crippen molar-refractivity contribution >= 4 is 17.9 Å². The summed E-state index contributed by atoms with van der Waals surface area (Å²) in [6.07, 6.45) is 56.2. The molecule has 0 bridgehead atoms. The van der Waals surface area contributed by atoms with Crippen LogP contribution >= 0.6 is 0 Å². The van der Waals surface area contributed by atoms with E-state index in [1.54, 1.807) is 6.08 Å². The fourth-order valence-electron chi connectivity index (χ4n) is 6.21. The lowest BCUT2D eigenvalue weighted by Crippen LogP contribution is -2.30. The quantitative estimate of drug-likeness (QED) is 0.0265. The van der Waals surface area contributed by atoms with E-state index in [2.05, 4.69) is 81.5 Å². The van der Waals surface area contributed by atoms with Crippen molar-refractivity contribution in [2.45, 2.75) is 219 Å². The zero-order valence-electron chi connectivity index (χ0n) is 37.1. The normalized spacial score (nSPS) is 12.7. The minimum Gasteiger partial charge on any atom is -0.462 e. The molecule has 0 aliphatic carbocycles. The van der Waals surface area contributed by atoms with Crippen molar-refractivity contribution in [1.82, 2.24) is 0 Å². The molecule has 6 heteroatoms. The van der Waals surface area contributed by atoms with E-state index in [0.717, 1.165) is 83.5 Å². The number of carbonyl (C=O) groups excluding carboxylic acids is 3. The summed E-state index contributed by atoms with van der Waals surface area (Å²) in [6.45, 7) is 6.39. The maximum Gasteiger partial charge on any atom is 0.309 e. The van der Waals surface area contributed by atoms with E-state index in [9.17, 15) is 14.4 Å². The molecule has 0 radical (unpaired) electrons. The fraction of sp³-hybridized carbons (Fsp3) is 0.706. The Kier molecular flexibility index (Phi) is 43.0. The van der Waals surface area contributed by atoms with Crippen molar-refractivity contribution in [3.8, 4) is 0 Å². The Bertz CT molecular complexity index is 1100. The predicted octanol–water partition coefficient (Wildman–Crippen LogP) is 15.1. The second kappa shape index (κ2) is 45.6. The van der Waals surface area contributed by atoms with E-state index in [1.807, 2.05) is 6.08 Å². The molecule has 0 aromatic rings. The maximum atomic E-state index is 12.7. The van der Waals surface area contributed by atoms with Crippen LogP contribution in [0.4, 0.5) is 0 Å². The Balaban J connectivity index is 4.52. The Hall–Kier alpha value is -3.15. The summed E-state index contributed by atoms with van der Waals surface area (Å²) in [5.41, 5.74) is 0. The first-order valence-electron chi connectivity index (χ1n) is 23.4. The lowest BCUT2D eigenvalue weighted by atomic mass is 10.1. The van der Waals surface area contributed by atoms with Crippen LogP contribution in [0.1, 0.15) is 213 Å². The van der Waals surface area contributed by atoms with Crippen LogP contribution in [0.2, 0.25) is 0 Å². The van der Waals surface area contributed by atoms with Crippen molar-refractivity contribution in [1.29, 1.82) is 0 Å². The van der Waals surface area contributed by atoms with Crippen molar-refractivity contribution in [3.63, 3.8) is 0 Å². The van der Waals surface area contributed by atoms with E-state index in [-0.39, 0.29) is 31.6 Å². The topological polar surface area (TPSA) is 78.9 Å². The molecule has 1 atom stereocenters. The summed E-state index contributed by atoms with van der Waals surface area (Å²) < 4.78 is 16.6. The van der Waals surface area contributed by atoms with E-state index < -0.39 is 12.1 Å². The van der Waals surface area contributed by atoms with Gasteiger partial charge in [0.1, 0.15) is 13.2 Å². The summed E-state index contributed by atoms with van der Waals surface area (Å²) in [4.78, 5) is 37.7. The number of hydrogen-bond acceptors (Lipinski definition) is 6. The molecule has 0 spiro atoms. The van der Waals surface area contributed by atoms with Crippen LogP contribution in [0.3, 0.4) is 0 Å². The number of esters is 3. The zero-order valence-corrected chi connectivity index (χ0v) is 37.1. The first-order valence-corrected chi connectivity index (χ1v) is 23.4. The van der Waals surface area contributed by atoms with Gasteiger partial charge >= 0.3 is 17.9 Å². The third kappa shape index (κ3) is 43.8. The highest BCUT2D eigenvalue weighted by Crippen LogP contribution is 2.14. The van der Waals surface area contributed by atoms with Crippen LogP contribution in [-0.4, -0.2) is 37.2 Å². The van der Waals surface area contributed by atoms with E-state index >= 15 is 0 Å². The van der Waals surface area contributed by atoms with E-state index in [1.165, 1.54) is 89.9 Å². The second-order valence-corrected chi connectivity index (χ2v) is 15.3. The van der Waals surface area contributed by atoms with Gasteiger partial charge in [0, 0.05) is 12.8 Å². The van der Waals surface area contributed by atoms with Gasteiger partial charge in [0.15, 0.2) is 6.10 Å². The first kappa shape index (κ1) is 53.9. The predicted molar refractivity (Wildman–Crippen MR) is 242 cm³/mol. The lowest BCUT2D eigenvalue weighted by molar-refractivity contribution is -0.166. The average molecular weight is 795 g/mol. The Labute approximate surface area is 351 Å². The van der Waals surface area contributed by atoms with Crippen molar-refractivity contribution < 1.29 is 28.6 Å². The van der Waals surface area contributed by atoms with Crippen LogP contribution in [0.25, 0.3) is 0 Å². The first-order chi connectivity index (χ1) is 28.0. The molecule has 0 rings (SSSR count). The van der Waals surface area contributed by atoms with Gasteiger partial charge < -0.3 is 14.2 Å². The fourth-order valence-corrected chi connectivity index (χ4v) is 6.21. The smallest absolute Gasteiger partial charge is 0.309 e. The van der Waals surface area contributed by atoms with Gasteiger partial charge in [0.25, 0.3) is 0 Å². The van der Waals surface area contributed by atoms with Gasteiger partial charge in [-0.25, -0.2) is 0 Å². The molecule has 0 heterocycles. The van der Waals surface area contributed by atoms with Crippen molar-refractivity contribution in [2.75, 3.05) is 13.2 Å². The van der Waals surface area contributed by atoms with Gasteiger partial charge in [-0.2, -0.15) is 0 Å². The molecule has 0 fully saturated rings. The largest absolute Gasteiger partial charge is 0.462 e. The molecule has 0 N–H and O–H groups in total. The Morgan fingerprint density at radius 1 is 0.386 bits per heavy atom. The molecule has 326 valence electrons. The van der Waals surface area contributed by atoms with E-state index in [0.29, 0.717) is 12.8 Å². The van der Waals surface area contributed by atoms with Gasteiger partial charge in [0.2, 0.25) is 0 Å². The molecule has 0 saturated heterocycles. The third-order valence-electron chi connectivity index (χ3n) is 9.73. The Morgan fingerprint density at radius 3 is 1.23 bits per heavy atom. The van der Waals surface area contributed by atoms with Crippen LogP contribution in [-0.2, 0) is 28.6 Å². The summed E-state index contributed by atoms with van der Waals surface area (Å²) in [7, 11) is 0. The number of ether oxygens (including phenoxy) is 3. The van der Waals surface area contributed by atoms with Gasteiger partial charge in [-0.1, -0.05) is 196 Å². The second-order valence-electron chi connectivity index (χ2n) is 15.3. The highest BCUT2D eigenvalue weighted by Gasteiger charge is 2.19. The summed E-state index contributed by atoms with van der Waals surface area (Å²) in [5, 5.41) is 0. The van der Waals surface area contributed by atoms with Gasteiger partial charge in [0.05, 0.1) is 6.42 Å². The minimum atomic E-state index is -0.815. The molecule has 0 aromatic heterocycles. The van der Waals surface area contributed by atoms with Crippen LogP contribution in [0.5, 0.6) is 0 Å². The van der Waals surface area contributed by atoms with Crippen LogP contribution in [0.15, 0.2) is 72.9 Å². The molecule has 0 aliphatic heterocycles. The zero-order chi connectivity index (χ0) is 41.5. The van der Waals surface area contributed by atoms with Crippen LogP contribution < -0.4 is 0 Å². The molecule has 57 heavy (non-hydrogen) atoms. The molecule has 1 unspecified atom stereocenters. The van der Waals surface area contributed by atoms with Crippen molar-refractivity contribution in [2.24, 2.45) is 0 Å². The van der Waals surface area contributed by atoms with Gasteiger partial charge in [-0.15, -0.1) is 0 Å². The average Bonchev–Trinajstić information content (AvgIpc) is 3.21. The SMILES string of the molecule is CC/C=C\C/C=C\C/C=C\C/C=C\C/C=C\CC(=O)OCC(COC(=O)CCCCCCCCCCCCC)OC(=O)CCCCCCC/C=C\CCCCCC. The summed E-state index contributed by atoms with van der Waals surface area (Å²) >= 11 is 0. The molecule has 6 nitrogen and oxygen atoms in total. The summed E-state index contributed by atoms with van der Waals surface area (Å²) in [6, 6.07) is 0. The lowest BCUT2D eigenvalue weighted by Gasteiger charge is -2.18. The molecular weight excluding hydrogens is 709 g/mol. The van der Waals surface area contributed by atoms with Gasteiger partial charge in [-0.05, 0) is 70.6 Å². The third-order valence-corrected chi connectivity index (χ3v) is 9.73. The highest BCUT2D eigenvalue weighted by atomic mass is 16.6. The standard InChI is InChI=1S/C51H86O6/c1-4-7-10-13-16-19-22-24-25-27-29-32-35-38-41-44-50(53)56-47-48(46-55-49(52)43-40-37-34-31-28-21-18-15-12-9-6-3)57-51(54)45-42-39-36-33-30-26-23-20-17-14-11-8-5-2/h7,10,16,19-20,23-25,29,32,38,41,48H,4-6,8-9,11-15,17-18,21-22,26-28,30-31,33-37,39-40,42-47H2,1-3H3/b10-7-,19-16-,23-20-,25-24-,32-29-,41-38-. The molecule has 0 aromatic carbocycles. The Morgan fingerprint density at radius 2 is 0.754 bits per heavy atom. The summed E-state index contributed by atoms with van der Waals surface area (Å²) in [5.74, 6) is -1.05. The molecule has 0 amide bonds. The molecule has 0 saturated carbocycles. The number of allylic oxidation sites excluding steroid dienone is 11. The number of unbranched alkanes of at least 4 members (excludes halogenated alkanes) is 19. The monoisotopic (exact) mass is 795 g/mol. The molecule has 0 aliphatic rings. The number of rotatable bonds is 41. The maximum absolute atomic E-state index is 12.7. The minimum absolute atomic E-state index is 0.107. The van der Waals surface area contributed by atoms with E-state index in [4.69, 9.17) is 14.2 Å². The highest BCUT2D eigenvalue weighted by molar-refractivity contribution is 5.72. The van der Waals surface area contributed by atoms with Gasteiger partial charge in [-0.3, -0.25) is 14.4 Å². The molecular formula is C51H86O6. The van der Waals surface area contributed by atoms with Crippen LogP contribution in [0, 0.1) is 0 Å². The van der Waals surface area contributed by atoms with Crippen molar-refractivity contribution in [3.05, 3.63) is 72.9 Å². The number of hydrogen-bond donors (Lipinski definition) is 0. The number of carbonyl (C=O) groups is 3.